The van der Waals surface area contributed by atoms with E-state index in [1.807, 2.05) is 24.3 Å². The molecule has 0 aromatic heterocycles. The second-order valence-electron chi connectivity index (χ2n) is 9.81. The fourth-order valence-electron chi connectivity index (χ4n) is 4.99. The number of esters is 1. The van der Waals surface area contributed by atoms with E-state index in [9.17, 15) is 14.4 Å². The molecule has 1 saturated carbocycles. The van der Waals surface area contributed by atoms with E-state index < -0.39 is 17.5 Å². The van der Waals surface area contributed by atoms with Crippen LogP contribution in [0.4, 0.5) is 4.79 Å². The number of rotatable bonds is 5. The van der Waals surface area contributed by atoms with Gasteiger partial charge in [-0.2, -0.15) is 0 Å². The van der Waals surface area contributed by atoms with Gasteiger partial charge in [0.15, 0.2) is 0 Å². The van der Waals surface area contributed by atoms with Crippen molar-refractivity contribution in [2.75, 3.05) is 6.54 Å². The number of carbonyl (C=O) groups is 3. The zero-order valence-corrected chi connectivity index (χ0v) is 18.1. The second-order valence-corrected chi connectivity index (χ2v) is 9.81. The number of urea groups is 1. The van der Waals surface area contributed by atoms with Gasteiger partial charge in [0.25, 0.3) is 5.91 Å². The van der Waals surface area contributed by atoms with Crippen molar-refractivity contribution in [3.05, 3.63) is 35.4 Å². The van der Waals surface area contributed by atoms with E-state index in [1.54, 1.807) is 0 Å². The number of ether oxygens (including phenoxy) is 1. The molecule has 6 nitrogen and oxygen atoms in total. The molecule has 1 aromatic carbocycles. The van der Waals surface area contributed by atoms with Crippen molar-refractivity contribution in [2.24, 2.45) is 11.3 Å². The van der Waals surface area contributed by atoms with Crippen molar-refractivity contribution in [3.8, 4) is 0 Å². The summed E-state index contributed by atoms with van der Waals surface area (Å²) in [6.07, 6.45) is 2.20. The lowest BCUT2D eigenvalue weighted by molar-refractivity contribution is -0.149. The lowest BCUT2D eigenvalue weighted by Crippen LogP contribution is -2.54. The maximum absolute atomic E-state index is 13.1. The van der Waals surface area contributed by atoms with E-state index in [0.717, 1.165) is 16.9 Å². The largest absolute Gasteiger partial charge is 0.459 e. The molecule has 6 heteroatoms. The lowest BCUT2D eigenvalue weighted by atomic mass is 9.64. The number of carbonyl (C=O) groups excluding carboxylic acids is 3. The standard InChI is InChI=1S/C23H32N2O4/c1-15(2)18-8-6-17(7-9-18)13-29-19(26)12-25-20(27)23(24-21(25)28)11-16(3)10-22(4,5)14-23/h6-9,15-16H,10-14H2,1-5H3,(H,24,28)/t16?,23-/m0/s1. The molecule has 1 heterocycles. The summed E-state index contributed by atoms with van der Waals surface area (Å²) in [5.41, 5.74) is 1.15. The highest BCUT2D eigenvalue weighted by Crippen LogP contribution is 2.46. The predicted molar refractivity (Wildman–Crippen MR) is 110 cm³/mol. The Bertz CT molecular complexity index is 800. The molecule has 0 radical (unpaired) electrons. The van der Waals surface area contributed by atoms with Crippen molar-refractivity contribution in [1.82, 2.24) is 10.2 Å². The average molecular weight is 401 g/mol. The normalized spacial score (nSPS) is 26.1. The van der Waals surface area contributed by atoms with Crippen LogP contribution < -0.4 is 5.32 Å². The summed E-state index contributed by atoms with van der Waals surface area (Å²) in [5, 5.41) is 2.88. The molecule has 1 aliphatic heterocycles. The van der Waals surface area contributed by atoms with Crippen LogP contribution in [0.25, 0.3) is 0 Å². The molecule has 2 aliphatic rings. The molecular formula is C23H32N2O4. The first-order chi connectivity index (χ1) is 13.5. The Morgan fingerprint density at radius 2 is 1.86 bits per heavy atom. The van der Waals surface area contributed by atoms with Crippen LogP contribution in [0.15, 0.2) is 24.3 Å². The highest BCUT2D eigenvalue weighted by molar-refractivity contribution is 6.08. The number of hydrogen-bond acceptors (Lipinski definition) is 4. The maximum atomic E-state index is 13.1. The molecule has 1 N–H and O–H groups in total. The first-order valence-corrected chi connectivity index (χ1v) is 10.4. The highest BCUT2D eigenvalue weighted by Gasteiger charge is 2.56. The van der Waals surface area contributed by atoms with E-state index in [1.165, 1.54) is 5.56 Å². The molecule has 2 atom stereocenters. The van der Waals surface area contributed by atoms with Gasteiger partial charge in [0.2, 0.25) is 0 Å². The summed E-state index contributed by atoms with van der Waals surface area (Å²) < 4.78 is 5.31. The summed E-state index contributed by atoms with van der Waals surface area (Å²) in [5.74, 6) is -0.128. The summed E-state index contributed by atoms with van der Waals surface area (Å²) >= 11 is 0. The number of hydrogen-bond donors (Lipinski definition) is 1. The number of imide groups is 1. The van der Waals surface area contributed by atoms with Crippen molar-refractivity contribution in [2.45, 2.75) is 71.9 Å². The maximum Gasteiger partial charge on any atom is 0.326 e. The van der Waals surface area contributed by atoms with Gasteiger partial charge in [0.1, 0.15) is 18.7 Å². The van der Waals surface area contributed by atoms with E-state index in [0.29, 0.717) is 24.7 Å². The Hall–Kier alpha value is -2.37. The van der Waals surface area contributed by atoms with Gasteiger partial charge >= 0.3 is 12.0 Å². The van der Waals surface area contributed by atoms with Gasteiger partial charge in [0.05, 0.1) is 0 Å². The number of nitrogens with one attached hydrogen (secondary N) is 1. The summed E-state index contributed by atoms with van der Waals surface area (Å²) in [6.45, 7) is 10.3. The van der Waals surface area contributed by atoms with Crippen LogP contribution in [0.5, 0.6) is 0 Å². The molecule has 1 saturated heterocycles. The molecule has 29 heavy (non-hydrogen) atoms. The van der Waals surface area contributed by atoms with Gasteiger partial charge < -0.3 is 10.1 Å². The van der Waals surface area contributed by atoms with Crippen LogP contribution in [0, 0.1) is 11.3 Å². The van der Waals surface area contributed by atoms with E-state index >= 15 is 0 Å². The van der Waals surface area contributed by atoms with Gasteiger partial charge in [0, 0.05) is 0 Å². The lowest BCUT2D eigenvalue weighted by Gasteiger charge is -2.43. The molecule has 1 aliphatic carbocycles. The minimum Gasteiger partial charge on any atom is -0.459 e. The quantitative estimate of drug-likeness (QED) is 0.599. The fourth-order valence-corrected chi connectivity index (χ4v) is 4.99. The van der Waals surface area contributed by atoms with Crippen LogP contribution in [-0.4, -0.2) is 34.9 Å². The number of benzene rings is 1. The Morgan fingerprint density at radius 1 is 1.21 bits per heavy atom. The van der Waals surface area contributed by atoms with Crippen LogP contribution in [-0.2, 0) is 20.9 Å². The van der Waals surface area contributed by atoms with Gasteiger partial charge in [-0.3, -0.25) is 14.5 Å². The Labute approximate surface area is 173 Å². The smallest absolute Gasteiger partial charge is 0.326 e. The minimum absolute atomic E-state index is 0.0424. The Morgan fingerprint density at radius 3 is 2.45 bits per heavy atom. The van der Waals surface area contributed by atoms with E-state index in [2.05, 4.69) is 39.9 Å². The highest BCUT2D eigenvalue weighted by atomic mass is 16.5. The van der Waals surface area contributed by atoms with E-state index in [-0.39, 0.29) is 24.5 Å². The molecular weight excluding hydrogens is 368 g/mol. The summed E-state index contributed by atoms with van der Waals surface area (Å²) in [6, 6.07) is 7.38. The topological polar surface area (TPSA) is 75.7 Å². The van der Waals surface area contributed by atoms with Gasteiger partial charge in [-0.25, -0.2) is 4.79 Å². The Kier molecular flexibility index (Phi) is 5.74. The molecule has 2 fully saturated rings. The van der Waals surface area contributed by atoms with Crippen molar-refractivity contribution in [1.29, 1.82) is 0 Å². The van der Waals surface area contributed by atoms with Crippen LogP contribution >= 0.6 is 0 Å². The minimum atomic E-state index is -0.898. The van der Waals surface area contributed by atoms with Crippen LogP contribution in [0.3, 0.4) is 0 Å². The molecule has 0 bridgehead atoms. The van der Waals surface area contributed by atoms with Crippen molar-refractivity contribution < 1.29 is 19.1 Å². The third-order valence-electron chi connectivity index (χ3n) is 5.96. The van der Waals surface area contributed by atoms with Crippen LogP contribution in [0.2, 0.25) is 0 Å². The third kappa shape index (κ3) is 4.62. The number of amides is 3. The molecule has 158 valence electrons. The van der Waals surface area contributed by atoms with Gasteiger partial charge in [-0.05, 0) is 47.6 Å². The zero-order valence-electron chi connectivity index (χ0n) is 18.1. The van der Waals surface area contributed by atoms with Crippen molar-refractivity contribution in [3.63, 3.8) is 0 Å². The first-order valence-electron chi connectivity index (χ1n) is 10.4. The SMILES string of the molecule is CC1CC(C)(C)C[C@]2(C1)NC(=O)N(CC(=O)OCc1ccc(C(C)C)cc1)C2=O. The molecule has 3 rings (SSSR count). The van der Waals surface area contributed by atoms with Crippen molar-refractivity contribution >= 4 is 17.9 Å². The predicted octanol–water partition coefficient (Wildman–Crippen LogP) is 3.99. The average Bonchev–Trinajstić information content (AvgIpc) is 2.82. The molecule has 1 aromatic rings. The van der Waals surface area contributed by atoms with E-state index in [4.69, 9.17) is 4.74 Å². The van der Waals surface area contributed by atoms with Gasteiger partial charge in [-0.15, -0.1) is 0 Å². The molecule has 1 unspecified atom stereocenters. The zero-order chi connectivity index (χ0) is 21.4. The first kappa shape index (κ1) is 21.3. The van der Waals surface area contributed by atoms with Crippen LogP contribution in [0.1, 0.15) is 70.9 Å². The monoisotopic (exact) mass is 400 g/mol. The third-order valence-corrected chi connectivity index (χ3v) is 5.96. The van der Waals surface area contributed by atoms with Gasteiger partial charge in [-0.1, -0.05) is 58.9 Å². The Balaban J connectivity index is 1.60. The molecule has 1 spiro atoms. The molecule has 3 amide bonds. The second kappa shape index (κ2) is 7.81. The number of nitrogens with zero attached hydrogens (tertiary/aromatic N) is 1. The fraction of sp³-hybridized carbons (Fsp3) is 0.609. The summed E-state index contributed by atoms with van der Waals surface area (Å²) in [4.78, 5) is 38.9. The summed E-state index contributed by atoms with van der Waals surface area (Å²) in [7, 11) is 0.